The highest BCUT2D eigenvalue weighted by molar-refractivity contribution is 7.22. The summed E-state index contributed by atoms with van der Waals surface area (Å²) in [4.78, 5) is 8.27. The number of anilines is 2. The van der Waals surface area contributed by atoms with E-state index >= 15 is 0 Å². The predicted octanol–water partition coefficient (Wildman–Crippen LogP) is 3.62. The van der Waals surface area contributed by atoms with Crippen LogP contribution in [0.3, 0.4) is 0 Å². The van der Waals surface area contributed by atoms with Crippen LogP contribution in [0.5, 0.6) is 0 Å². The minimum atomic E-state index is 0.795. The Bertz CT molecular complexity index is 673. The third kappa shape index (κ3) is 2.72. The van der Waals surface area contributed by atoms with Crippen molar-refractivity contribution in [1.29, 1.82) is 0 Å². The molecule has 0 saturated carbocycles. The van der Waals surface area contributed by atoms with Crippen LogP contribution in [-0.2, 0) is 6.42 Å². The number of nitrogens with two attached hydrogens (primary N) is 1. The minimum Gasteiger partial charge on any atom is -0.399 e. The molecule has 2 N–H and O–H groups in total. The summed E-state index contributed by atoms with van der Waals surface area (Å²) < 4.78 is 1.15. The number of hydrogen-bond acceptors (Lipinski definition) is 5. The fraction of sp³-hybridized carbons (Fsp3) is 0.214. The topological polar surface area (TPSA) is 42.2 Å². The zero-order valence-corrected chi connectivity index (χ0v) is 12.3. The van der Waals surface area contributed by atoms with E-state index in [0.717, 1.165) is 34.0 Å². The smallest absolute Gasteiger partial charge is 0.186 e. The van der Waals surface area contributed by atoms with Crippen LogP contribution in [0, 0.1) is 0 Å². The van der Waals surface area contributed by atoms with Gasteiger partial charge in [-0.3, -0.25) is 0 Å². The van der Waals surface area contributed by atoms with E-state index in [1.165, 1.54) is 4.88 Å². The van der Waals surface area contributed by atoms with Crippen molar-refractivity contribution >= 4 is 43.7 Å². The second-order valence-corrected chi connectivity index (χ2v) is 6.52. The van der Waals surface area contributed by atoms with Crippen LogP contribution in [0.25, 0.3) is 10.2 Å². The molecular formula is C14H15N3S2. The molecule has 0 amide bonds. The van der Waals surface area contributed by atoms with Crippen molar-refractivity contribution < 1.29 is 0 Å². The first kappa shape index (κ1) is 12.4. The maximum Gasteiger partial charge on any atom is 0.186 e. The van der Waals surface area contributed by atoms with Crippen LogP contribution in [0.4, 0.5) is 10.8 Å². The molecule has 0 atom stereocenters. The maximum atomic E-state index is 5.80. The number of thiophene rings is 1. The van der Waals surface area contributed by atoms with Gasteiger partial charge in [0.1, 0.15) is 0 Å². The number of hydrogen-bond donors (Lipinski definition) is 1. The molecule has 5 heteroatoms. The molecule has 0 unspecified atom stereocenters. The largest absolute Gasteiger partial charge is 0.399 e. The SMILES string of the molecule is CN(CCc1cccs1)c1nc2ccc(N)cc2s1. The van der Waals surface area contributed by atoms with Crippen molar-refractivity contribution in [3.8, 4) is 0 Å². The highest BCUT2D eigenvalue weighted by Gasteiger charge is 2.08. The number of fused-ring (bicyclic) bond motifs is 1. The van der Waals surface area contributed by atoms with Crippen molar-refractivity contribution in [1.82, 2.24) is 4.98 Å². The molecule has 98 valence electrons. The third-order valence-corrected chi connectivity index (χ3v) is 5.07. The molecule has 0 aliphatic carbocycles. The van der Waals surface area contributed by atoms with Crippen LogP contribution < -0.4 is 10.6 Å². The lowest BCUT2D eigenvalue weighted by Crippen LogP contribution is -2.19. The van der Waals surface area contributed by atoms with Crippen molar-refractivity contribution in [2.75, 3.05) is 24.2 Å². The van der Waals surface area contributed by atoms with Crippen molar-refractivity contribution in [2.24, 2.45) is 0 Å². The quantitative estimate of drug-likeness (QED) is 0.746. The molecule has 1 aromatic carbocycles. The summed E-state index contributed by atoms with van der Waals surface area (Å²) in [5, 5.41) is 3.17. The summed E-state index contributed by atoms with van der Waals surface area (Å²) >= 11 is 3.50. The Morgan fingerprint density at radius 2 is 2.21 bits per heavy atom. The molecular weight excluding hydrogens is 274 g/mol. The van der Waals surface area contributed by atoms with E-state index in [9.17, 15) is 0 Å². The highest BCUT2D eigenvalue weighted by atomic mass is 32.1. The number of likely N-dealkylation sites (N-methyl/N-ethyl adjacent to an activating group) is 1. The van der Waals surface area contributed by atoms with Crippen molar-refractivity contribution in [3.05, 3.63) is 40.6 Å². The molecule has 3 rings (SSSR count). The van der Waals surface area contributed by atoms with Crippen LogP contribution >= 0.6 is 22.7 Å². The number of nitrogens with zero attached hydrogens (tertiary/aromatic N) is 2. The second kappa shape index (κ2) is 5.19. The minimum absolute atomic E-state index is 0.795. The van der Waals surface area contributed by atoms with E-state index in [2.05, 4.69) is 34.4 Å². The molecule has 19 heavy (non-hydrogen) atoms. The van der Waals surface area contributed by atoms with Gasteiger partial charge in [0.05, 0.1) is 10.2 Å². The molecule has 2 heterocycles. The first-order valence-electron chi connectivity index (χ1n) is 6.12. The average molecular weight is 289 g/mol. The molecule has 3 nitrogen and oxygen atoms in total. The fourth-order valence-corrected chi connectivity index (χ4v) is 3.62. The Balaban J connectivity index is 1.75. The monoisotopic (exact) mass is 289 g/mol. The lowest BCUT2D eigenvalue weighted by Gasteiger charge is -2.14. The van der Waals surface area contributed by atoms with Gasteiger partial charge in [-0.25, -0.2) is 4.98 Å². The van der Waals surface area contributed by atoms with E-state index in [1.807, 2.05) is 18.2 Å². The van der Waals surface area contributed by atoms with E-state index < -0.39 is 0 Å². The molecule has 3 aromatic rings. The first-order chi connectivity index (χ1) is 9.22. The van der Waals surface area contributed by atoms with Crippen molar-refractivity contribution in [3.63, 3.8) is 0 Å². The Kier molecular flexibility index (Phi) is 3.40. The first-order valence-corrected chi connectivity index (χ1v) is 7.81. The highest BCUT2D eigenvalue weighted by Crippen LogP contribution is 2.29. The Morgan fingerprint density at radius 3 is 3.00 bits per heavy atom. The summed E-state index contributed by atoms with van der Waals surface area (Å²) in [7, 11) is 2.09. The van der Waals surface area contributed by atoms with E-state index in [0.29, 0.717) is 0 Å². The summed E-state index contributed by atoms with van der Waals surface area (Å²) in [5.41, 5.74) is 7.62. The summed E-state index contributed by atoms with van der Waals surface area (Å²) in [6.45, 7) is 0.982. The van der Waals surface area contributed by atoms with E-state index in [-0.39, 0.29) is 0 Å². The number of thiazole rings is 1. The summed E-state index contributed by atoms with van der Waals surface area (Å²) in [6.07, 6.45) is 1.06. The molecule has 2 aromatic heterocycles. The van der Waals surface area contributed by atoms with Gasteiger partial charge in [-0.05, 0) is 36.1 Å². The normalized spacial score (nSPS) is 11.0. The van der Waals surface area contributed by atoms with E-state index in [4.69, 9.17) is 5.73 Å². The van der Waals surface area contributed by atoms with Gasteiger partial charge in [-0.15, -0.1) is 11.3 Å². The average Bonchev–Trinajstić information content (AvgIpc) is 3.04. The molecule has 0 radical (unpaired) electrons. The number of rotatable bonds is 4. The molecule has 0 saturated heterocycles. The maximum absolute atomic E-state index is 5.80. The Morgan fingerprint density at radius 1 is 1.32 bits per heavy atom. The number of benzene rings is 1. The molecule has 0 spiro atoms. The summed E-state index contributed by atoms with van der Waals surface area (Å²) in [5.74, 6) is 0. The molecule has 0 bridgehead atoms. The zero-order valence-electron chi connectivity index (χ0n) is 10.7. The molecule has 0 fully saturated rings. The standard InChI is InChI=1S/C14H15N3S2/c1-17(7-6-11-3-2-8-18-11)14-16-12-5-4-10(15)9-13(12)19-14/h2-5,8-9H,6-7,15H2,1H3. The van der Waals surface area contributed by atoms with Gasteiger partial charge in [0.2, 0.25) is 0 Å². The zero-order chi connectivity index (χ0) is 13.2. The second-order valence-electron chi connectivity index (χ2n) is 4.47. The van der Waals surface area contributed by atoms with Crippen LogP contribution in [0.1, 0.15) is 4.88 Å². The summed E-state index contributed by atoms with van der Waals surface area (Å²) in [6, 6.07) is 10.1. The van der Waals surface area contributed by atoms with Crippen LogP contribution in [0.2, 0.25) is 0 Å². The Hall–Kier alpha value is -1.59. The Labute approximate surface area is 120 Å². The fourth-order valence-electron chi connectivity index (χ4n) is 1.92. The number of nitrogen functional groups attached to an aromatic ring is 1. The lowest BCUT2D eigenvalue weighted by molar-refractivity contribution is 0.883. The molecule has 0 aliphatic rings. The van der Waals surface area contributed by atoms with Gasteiger partial charge in [0.15, 0.2) is 5.13 Å². The van der Waals surface area contributed by atoms with Gasteiger partial charge >= 0.3 is 0 Å². The number of aromatic nitrogens is 1. The van der Waals surface area contributed by atoms with Gasteiger partial charge in [-0.1, -0.05) is 17.4 Å². The van der Waals surface area contributed by atoms with Crippen LogP contribution in [0.15, 0.2) is 35.7 Å². The van der Waals surface area contributed by atoms with Gasteiger partial charge in [-0.2, -0.15) is 0 Å². The molecule has 0 aliphatic heterocycles. The lowest BCUT2D eigenvalue weighted by atomic mass is 10.3. The van der Waals surface area contributed by atoms with Gasteiger partial charge < -0.3 is 10.6 Å². The van der Waals surface area contributed by atoms with Gasteiger partial charge in [0, 0.05) is 24.2 Å². The van der Waals surface area contributed by atoms with Gasteiger partial charge in [0.25, 0.3) is 0 Å². The van der Waals surface area contributed by atoms with E-state index in [1.54, 1.807) is 22.7 Å². The predicted molar refractivity (Wildman–Crippen MR) is 85.3 cm³/mol. The van der Waals surface area contributed by atoms with Crippen LogP contribution in [-0.4, -0.2) is 18.6 Å². The van der Waals surface area contributed by atoms with Crippen molar-refractivity contribution in [2.45, 2.75) is 6.42 Å². The third-order valence-electron chi connectivity index (χ3n) is 3.00.